The zero-order chi connectivity index (χ0) is 47.0. The Labute approximate surface area is 403 Å². The third-order valence-electron chi connectivity index (χ3n) is 11.7. The number of unbranched alkanes of at least 4 members (excludes halogenated alkanes) is 21. The van der Waals surface area contributed by atoms with Crippen LogP contribution >= 0.6 is 0 Å². The van der Waals surface area contributed by atoms with Crippen LogP contribution in [0.25, 0.3) is 0 Å². The lowest BCUT2D eigenvalue weighted by Crippen LogP contribution is -2.45. The van der Waals surface area contributed by atoms with Crippen LogP contribution in [0.2, 0.25) is 0 Å². The number of aliphatic hydroxyl groups excluding tert-OH is 2. The molecule has 0 radical (unpaired) electrons. The van der Waals surface area contributed by atoms with E-state index >= 15 is 0 Å². The van der Waals surface area contributed by atoms with Gasteiger partial charge in [-0.2, -0.15) is 0 Å². The molecule has 0 saturated heterocycles. The highest BCUT2D eigenvalue weighted by atomic mass is 16.3. The smallest absolute Gasteiger partial charge is 0.220 e. The van der Waals surface area contributed by atoms with Crippen LogP contribution in [-0.4, -0.2) is 34.9 Å². The average molecular weight is 898 g/mol. The van der Waals surface area contributed by atoms with Gasteiger partial charge in [0.1, 0.15) is 0 Å². The van der Waals surface area contributed by atoms with E-state index in [0.29, 0.717) is 12.8 Å². The summed E-state index contributed by atoms with van der Waals surface area (Å²) in [5.74, 6) is -0.0769. The lowest BCUT2D eigenvalue weighted by molar-refractivity contribution is -0.123. The maximum absolute atomic E-state index is 12.5. The van der Waals surface area contributed by atoms with Gasteiger partial charge >= 0.3 is 0 Å². The highest BCUT2D eigenvalue weighted by Crippen LogP contribution is 2.16. The predicted octanol–water partition coefficient (Wildman–Crippen LogP) is 18.1. The Morgan fingerprint density at radius 1 is 0.385 bits per heavy atom. The molecule has 0 aromatic heterocycles. The molecular formula is C61H103NO3. The maximum atomic E-state index is 12.5. The Balaban J connectivity index is 3.68. The summed E-state index contributed by atoms with van der Waals surface area (Å²) in [5.41, 5.74) is 0. The van der Waals surface area contributed by atoms with Gasteiger partial charge < -0.3 is 15.5 Å². The monoisotopic (exact) mass is 898 g/mol. The van der Waals surface area contributed by atoms with Crippen molar-refractivity contribution in [3.8, 4) is 0 Å². The molecule has 0 aliphatic heterocycles. The third kappa shape index (κ3) is 51.6. The molecule has 0 heterocycles. The first-order valence-corrected chi connectivity index (χ1v) is 27.2. The van der Waals surface area contributed by atoms with Crippen LogP contribution in [0.3, 0.4) is 0 Å². The molecule has 65 heavy (non-hydrogen) atoms. The lowest BCUT2D eigenvalue weighted by atomic mass is 10.0. The molecule has 0 spiro atoms. The molecule has 4 nitrogen and oxygen atoms in total. The van der Waals surface area contributed by atoms with E-state index in [1.807, 2.05) is 0 Å². The molecule has 0 aromatic rings. The number of nitrogens with one attached hydrogen (secondary N) is 1. The fourth-order valence-electron chi connectivity index (χ4n) is 7.62. The summed E-state index contributed by atoms with van der Waals surface area (Å²) in [5, 5.41) is 23.3. The van der Waals surface area contributed by atoms with Crippen LogP contribution < -0.4 is 5.32 Å². The first-order valence-electron chi connectivity index (χ1n) is 27.2. The van der Waals surface area contributed by atoms with E-state index < -0.39 is 12.1 Å². The van der Waals surface area contributed by atoms with E-state index in [0.717, 1.165) is 96.3 Å². The Bertz CT molecular complexity index is 1290. The van der Waals surface area contributed by atoms with Crippen LogP contribution in [-0.2, 0) is 4.79 Å². The normalized spacial score (nSPS) is 13.8. The van der Waals surface area contributed by atoms with Crippen molar-refractivity contribution in [1.82, 2.24) is 5.32 Å². The molecule has 0 fully saturated rings. The van der Waals surface area contributed by atoms with Gasteiger partial charge in [0.05, 0.1) is 18.8 Å². The van der Waals surface area contributed by atoms with Gasteiger partial charge in [-0.15, -0.1) is 0 Å². The fraction of sp³-hybridized carbons (Fsp3) is 0.656. The number of aliphatic hydroxyl groups is 2. The van der Waals surface area contributed by atoms with Gasteiger partial charge in [0, 0.05) is 6.42 Å². The van der Waals surface area contributed by atoms with E-state index in [-0.39, 0.29) is 12.5 Å². The predicted molar refractivity (Wildman–Crippen MR) is 289 cm³/mol. The van der Waals surface area contributed by atoms with E-state index in [2.05, 4.69) is 141 Å². The molecule has 0 saturated carbocycles. The summed E-state index contributed by atoms with van der Waals surface area (Å²) < 4.78 is 0. The zero-order valence-electron chi connectivity index (χ0n) is 42.5. The number of amides is 1. The van der Waals surface area contributed by atoms with Crippen molar-refractivity contribution < 1.29 is 15.0 Å². The number of hydrogen-bond acceptors (Lipinski definition) is 3. The highest BCUT2D eigenvalue weighted by molar-refractivity contribution is 5.76. The van der Waals surface area contributed by atoms with Gasteiger partial charge in [-0.05, 0) is 89.9 Å². The second kappa shape index (κ2) is 55.1. The Morgan fingerprint density at radius 2 is 0.677 bits per heavy atom. The summed E-state index contributed by atoms with van der Waals surface area (Å²) in [4.78, 5) is 12.5. The third-order valence-corrected chi connectivity index (χ3v) is 11.7. The average Bonchev–Trinajstić information content (AvgIpc) is 3.31. The van der Waals surface area contributed by atoms with E-state index in [4.69, 9.17) is 0 Å². The van der Waals surface area contributed by atoms with E-state index in [1.165, 1.54) is 116 Å². The molecule has 2 unspecified atom stereocenters. The summed E-state index contributed by atoms with van der Waals surface area (Å²) >= 11 is 0. The molecule has 2 atom stereocenters. The Kier molecular flexibility index (Phi) is 52.4. The summed E-state index contributed by atoms with van der Waals surface area (Å²) in [6, 6.07) is -0.570. The van der Waals surface area contributed by atoms with Gasteiger partial charge in [0.25, 0.3) is 0 Å². The van der Waals surface area contributed by atoms with Gasteiger partial charge in [-0.3, -0.25) is 4.79 Å². The molecule has 0 aliphatic carbocycles. The SMILES string of the molecule is CC/C=C\C/C=C\C/C=C\C/C=C\C/C=C\C/C=C\C/C=C\C/C=C\C/C=C\C/C=C\CCCCC(=O)NC(CO)C(O)CCCCCCCCCCCCCCCCCCCCCC. The maximum Gasteiger partial charge on any atom is 0.220 e. The largest absolute Gasteiger partial charge is 0.394 e. The van der Waals surface area contributed by atoms with E-state index in [1.54, 1.807) is 0 Å². The first-order chi connectivity index (χ1) is 32.2. The standard InChI is InChI=1S/C61H103NO3/c1-3-5-7-9-11-13-15-17-19-21-23-25-26-27-28-29-30-31-32-33-34-35-36-37-39-41-43-45-47-49-51-53-55-57-61(65)62-59(58-63)60(64)56-54-52-50-48-46-44-42-40-38-24-22-20-18-16-14-12-10-8-6-4-2/h5,7,11,13,17,19,23,25,27-28,30-31,33-34,36-37,41,43,47,49,59-60,63-64H,3-4,6,8-10,12,14-16,18,20-22,24,26,29,32,35,38-40,42,44-46,48,50-58H2,1-2H3,(H,62,65)/b7-5-,13-11-,19-17-,25-23-,28-27-,31-30-,34-33-,37-36-,43-41-,49-47-. The second-order valence-corrected chi connectivity index (χ2v) is 17.9. The summed E-state index contributed by atoms with van der Waals surface area (Å²) in [6.07, 6.45) is 84.5. The minimum atomic E-state index is -0.688. The van der Waals surface area contributed by atoms with Gasteiger partial charge in [0.15, 0.2) is 0 Å². The van der Waals surface area contributed by atoms with Crippen LogP contribution in [0.5, 0.6) is 0 Å². The number of carbonyl (C=O) groups is 1. The van der Waals surface area contributed by atoms with Crippen LogP contribution in [0.4, 0.5) is 0 Å². The quantitative estimate of drug-likeness (QED) is 0.0421. The molecule has 0 aromatic carbocycles. The molecule has 0 rings (SSSR count). The highest BCUT2D eigenvalue weighted by Gasteiger charge is 2.20. The molecular weight excluding hydrogens is 795 g/mol. The molecule has 1 amide bonds. The Morgan fingerprint density at radius 3 is 0.985 bits per heavy atom. The van der Waals surface area contributed by atoms with Gasteiger partial charge in [0.2, 0.25) is 5.91 Å². The topological polar surface area (TPSA) is 69.6 Å². The van der Waals surface area contributed by atoms with Crippen molar-refractivity contribution in [3.05, 3.63) is 122 Å². The van der Waals surface area contributed by atoms with Crippen molar-refractivity contribution in [1.29, 1.82) is 0 Å². The minimum Gasteiger partial charge on any atom is -0.394 e. The number of hydrogen-bond donors (Lipinski definition) is 3. The molecule has 3 N–H and O–H groups in total. The van der Waals surface area contributed by atoms with Gasteiger partial charge in [-0.25, -0.2) is 0 Å². The number of allylic oxidation sites excluding steroid dienone is 20. The Hall–Kier alpha value is -3.21. The van der Waals surface area contributed by atoms with Crippen LogP contribution in [0, 0.1) is 0 Å². The fourth-order valence-corrected chi connectivity index (χ4v) is 7.62. The number of carbonyl (C=O) groups excluding carboxylic acids is 1. The van der Waals surface area contributed by atoms with E-state index in [9.17, 15) is 15.0 Å². The molecule has 0 bridgehead atoms. The second-order valence-electron chi connectivity index (χ2n) is 17.9. The lowest BCUT2D eigenvalue weighted by Gasteiger charge is -2.22. The van der Waals surface area contributed by atoms with Crippen molar-refractivity contribution in [2.45, 2.75) is 251 Å². The van der Waals surface area contributed by atoms with Crippen molar-refractivity contribution in [3.63, 3.8) is 0 Å². The molecule has 370 valence electrons. The summed E-state index contributed by atoms with van der Waals surface area (Å²) in [7, 11) is 0. The zero-order valence-corrected chi connectivity index (χ0v) is 42.5. The van der Waals surface area contributed by atoms with Gasteiger partial charge in [-0.1, -0.05) is 264 Å². The van der Waals surface area contributed by atoms with Crippen molar-refractivity contribution >= 4 is 5.91 Å². The van der Waals surface area contributed by atoms with Crippen LogP contribution in [0.1, 0.15) is 239 Å². The molecule has 0 aliphatic rings. The van der Waals surface area contributed by atoms with Crippen molar-refractivity contribution in [2.24, 2.45) is 0 Å². The number of rotatable bonds is 48. The summed E-state index contributed by atoms with van der Waals surface area (Å²) in [6.45, 7) is 4.23. The van der Waals surface area contributed by atoms with Crippen molar-refractivity contribution in [2.75, 3.05) is 6.61 Å². The minimum absolute atomic E-state index is 0.0769. The molecule has 4 heteroatoms. The first kappa shape index (κ1) is 61.8. The van der Waals surface area contributed by atoms with Crippen LogP contribution in [0.15, 0.2) is 122 Å².